The third-order valence-electron chi connectivity index (χ3n) is 18.8. The molecule has 0 spiro atoms. The normalized spacial score (nSPS) is 11.9. The van der Waals surface area contributed by atoms with Crippen molar-refractivity contribution in [1.29, 1.82) is 0 Å². The van der Waals surface area contributed by atoms with Gasteiger partial charge in [-0.3, -0.25) is 24.9 Å². The van der Waals surface area contributed by atoms with Crippen molar-refractivity contribution in [2.24, 2.45) is 0 Å². The molecule has 0 bridgehead atoms. The maximum Gasteiger partial charge on any atom is 0.227 e. The van der Waals surface area contributed by atoms with Crippen molar-refractivity contribution in [2.45, 2.75) is 19.4 Å². The number of nitrogen functional groups attached to an aromatic ring is 1. The fraction of sp³-hybridized carbons (Fsp3) is 0.0471. The first kappa shape index (κ1) is 66.6. The number of hydrogen-bond donors (Lipinski definition) is 8. The maximum absolute atomic E-state index is 9.17. The summed E-state index contributed by atoms with van der Waals surface area (Å²) in [6.45, 7) is 0.747. The van der Waals surface area contributed by atoms with Gasteiger partial charge in [-0.15, -0.1) is 0 Å². The van der Waals surface area contributed by atoms with Crippen LogP contribution in [0.25, 0.3) is 118 Å². The van der Waals surface area contributed by atoms with Crippen molar-refractivity contribution in [2.75, 3.05) is 44.2 Å². The first-order chi connectivity index (χ1) is 54.4. The highest BCUT2D eigenvalue weighted by Crippen LogP contribution is 2.47. The molecule has 21 rings (SSSR count). The Hall–Kier alpha value is -15.4. The number of allylic oxidation sites excluding steroid dienone is 1. The van der Waals surface area contributed by atoms with E-state index >= 15 is 0 Å². The fourth-order valence-corrected chi connectivity index (χ4v) is 13.6. The average molecular weight is 1440 g/mol. The highest BCUT2D eigenvalue weighted by Gasteiger charge is 2.28. The number of nitrogens with two attached hydrogens (primary N) is 1. The first-order valence-corrected chi connectivity index (χ1v) is 35.3. The molecule has 5 aliphatic rings. The minimum atomic E-state index is 0.115. The Balaban J connectivity index is 0.000000103. The molecule has 0 fully saturated rings. The fourth-order valence-electron chi connectivity index (χ4n) is 13.6. The van der Waals surface area contributed by atoms with Crippen LogP contribution in [0.2, 0.25) is 0 Å². The SMILES string of the molecule is C1=Cc2c(CNc3ncc4c(n3)-c3cccnc3Nc3cnccc3-4)ccnc2C1.Nc1ccc(-c2ncc3c(n2)-c2cccnc2Nc2cnccc2-3)cc1.OCCc1cccc(Nc2ncc3c(n2)-c2cccnc2Nc2cnccc2-3)c1.c1ccc(-c2ncc3c(n2)-c2cccnc2Nc2cnccc2-3)cc1. The van der Waals surface area contributed by atoms with Crippen molar-refractivity contribution >= 4 is 75.4 Å². The summed E-state index contributed by atoms with van der Waals surface area (Å²) in [5.41, 5.74) is 32.2. The van der Waals surface area contributed by atoms with Crippen molar-refractivity contribution in [3.05, 3.63) is 292 Å². The van der Waals surface area contributed by atoms with E-state index in [9.17, 15) is 5.11 Å². The molecule has 4 aliphatic heterocycles. The second-order valence-corrected chi connectivity index (χ2v) is 25.7. The molecule has 9 N–H and O–H groups in total. The van der Waals surface area contributed by atoms with Crippen molar-refractivity contribution in [3.63, 3.8) is 0 Å². The van der Waals surface area contributed by atoms with Gasteiger partial charge in [0.2, 0.25) is 11.9 Å². The molecule has 25 nitrogen and oxygen atoms in total. The van der Waals surface area contributed by atoms with Crippen molar-refractivity contribution in [3.8, 4) is 112 Å². The Morgan fingerprint density at radius 2 is 0.827 bits per heavy atom. The van der Waals surface area contributed by atoms with Gasteiger partial charge in [-0.1, -0.05) is 54.6 Å². The number of nitrogens with one attached hydrogen (secondary N) is 6. The van der Waals surface area contributed by atoms with Crippen LogP contribution in [0.5, 0.6) is 0 Å². The second-order valence-electron chi connectivity index (χ2n) is 25.7. The Morgan fingerprint density at radius 3 is 1.32 bits per heavy atom. The van der Waals surface area contributed by atoms with Gasteiger partial charge in [0.25, 0.3) is 0 Å². The molecule has 110 heavy (non-hydrogen) atoms. The van der Waals surface area contributed by atoms with Gasteiger partial charge in [-0.2, -0.15) is 0 Å². The van der Waals surface area contributed by atoms with E-state index in [0.29, 0.717) is 42.2 Å². The number of benzene rings is 3. The Labute approximate surface area is 629 Å². The van der Waals surface area contributed by atoms with Crippen LogP contribution in [-0.2, 0) is 19.4 Å². The summed E-state index contributed by atoms with van der Waals surface area (Å²) in [7, 11) is 0. The van der Waals surface area contributed by atoms with Gasteiger partial charge in [-0.05, 0) is 133 Å². The molecule has 0 radical (unpaired) electrons. The van der Waals surface area contributed by atoms with Crippen LogP contribution in [-0.4, -0.2) is 96.4 Å². The quantitative estimate of drug-likeness (QED) is 0.0622. The standard InChI is InChI=1S/C23H17N7.C22H18N6O.C20H14N6.C20H13N5/c1-3-15-14(6-10-25-19(15)5-1)11-27-23-28-12-18-16-7-9-24-13-20(16)29-22-17(21(18)30-23)4-2-8-26-22;29-10-7-14-3-1-4-15(11-14)26-22-25-12-18-16-6-9-23-13-19(16)27-21-17(20(18)28-22)5-2-8-24-21;21-13-5-3-12(4-6-13)19-24-10-16-14-7-9-22-11-17(14)25-20-15(18(16)26-19)2-1-8-23-20;1-2-5-13(6-3-1)19-23-11-16-14-8-10-21-12-17(14)24-20-15(18(16)25-19)7-4-9-22-20/h1-4,6-10,12-13H,5,11H2,(H,26,29)(H,27,28,30);1-6,8-9,11-13,29H,7,10H2,(H,24,27)(H,25,26,28);1-11H,21H2,(H,23,25);1-12H,(H,22,24). The Morgan fingerprint density at radius 1 is 0.373 bits per heavy atom. The van der Waals surface area contributed by atoms with Crippen molar-refractivity contribution < 1.29 is 5.11 Å². The molecule has 0 saturated heterocycles. The van der Waals surface area contributed by atoms with Gasteiger partial charge >= 0.3 is 0 Å². The van der Waals surface area contributed by atoms with Crippen LogP contribution in [0.1, 0.15) is 22.4 Å². The summed E-state index contributed by atoms with van der Waals surface area (Å²) >= 11 is 0. The maximum atomic E-state index is 9.17. The minimum absolute atomic E-state index is 0.115. The smallest absolute Gasteiger partial charge is 0.227 e. The highest BCUT2D eigenvalue weighted by atomic mass is 16.3. The van der Waals surface area contributed by atoms with Gasteiger partial charge in [0.1, 0.15) is 23.3 Å². The zero-order chi connectivity index (χ0) is 73.7. The number of fused-ring (bicyclic) bond motifs is 21. The first-order valence-electron chi connectivity index (χ1n) is 35.3. The molecular formula is C85H62N24O. The van der Waals surface area contributed by atoms with Crippen LogP contribution in [0.4, 0.5) is 69.3 Å². The molecule has 0 saturated carbocycles. The lowest BCUT2D eigenvalue weighted by Gasteiger charge is -2.12. The Kier molecular flexibility index (Phi) is 17.9. The number of aliphatic hydroxyl groups is 1. The second kappa shape index (κ2) is 29.6. The van der Waals surface area contributed by atoms with Gasteiger partial charge in [-0.25, -0.2) is 59.8 Å². The summed E-state index contributed by atoms with van der Waals surface area (Å²) in [6.07, 6.45) is 36.4. The minimum Gasteiger partial charge on any atom is -0.399 e. The summed E-state index contributed by atoms with van der Waals surface area (Å²) in [4.78, 5) is 77.0. The van der Waals surface area contributed by atoms with Crippen LogP contribution >= 0.6 is 0 Å². The lowest BCUT2D eigenvalue weighted by atomic mass is 10.0. The summed E-state index contributed by atoms with van der Waals surface area (Å²) < 4.78 is 0. The average Bonchev–Trinajstić information content (AvgIpc) is 1.58. The van der Waals surface area contributed by atoms with E-state index in [0.717, 1.165) is 170 Å². The largest absolute Gasteiger partial charge is 0.399 e. The predicted molar refractivity (Wildman–Crippen MR) is 427 cm³/mol. The lowest BCUT2D eigenvalue weighted by Crippen LogP contribution is -2.07. The Bertz CT molecular complexity index is 6200. The summed E-state index contributed by atoms with van der Waals surface area (Å²) in [5, 5.41) is 29.3. The van der Waals surface area contributed by atoms with E-state index in [-0.39, 0.29) is 6.61 Å². The number of nitrogens with zero attached hydrogens (tertiary/aromatic N) is 17. The van der Waals surface area contributed by atoms with Crippen LogP contribution in [0.15, 0.2) is 269 Å². The third kappa shape index (κ3) is 13.4. The monoisotopic (exact) mass is 1430 g/mol. The van der Waals surface area contributed by atoms with Crippen LogP contribution in [0.3, 0.4) is 0 Å². The number of rotatable bonds is 9. The number of hydrogen-bond acceptors (Lipinski definition) is 25. The lowest BCUT2D eigenvalue weighted by molar-refractivity contribution is 0.299. The zero-order valence-electron chi connectivity index (χ0n) is 58.4. The van der Waals surface area contributed by atoms with E-state index in [1.807, 2.05) is 189 Å². The molecule has 3 aromatic carbocycles. The van der Waals surface area contributed by atoms with E-state index in [2.05, 4.69) is 109 Å². The number of aromatic nitrogens is 17. The molecule has 0 unspecified atom stereocenters. The van der Waals surface area contributed by atoms with Crippen LogP contribution < -0.4 is 37.6 Å². The molecule has 13 aromatic heterocycles. The van der Waals surface area contributed by atoms with E-state index in [4.69, 9.17) is 25.7 Å². The molecule has 1 aliphatic carbocycles. The summed E-state index contributed by atoms with van der Waals surface area (Å²) in [6, 6.07) is 51.0. The number of anilines is 12. The predicted octanol–water partition coefficient (Wildman–Crippen LogP) is 16.4. The molecule has 0 amide bonds. The molecule has 16 aromatic rings. The van der Waals surface area contributed by atoms with Crippen LogP contribution in [0, 0.1) is 0 Å². The van der Waals surface area contributed by atoms with Gasteiger partial charge in [0.05, 0.1) is 76.0 Å². The molecule has 25 heteroatoms. The number of aliphatic hydroxyl groups excluding tert-OH is 1. The topological polar surface area (TPSA) is 338 Å². The molecular weight excluding hydrogens is 1370 g/mol. The van der Waals surface area contributed by atoms with Crippen molar-refractivity contribution in [1.82, 2.24) is 84.7 Å². The molecule has 0 atom stereocenters. The molecule has 17 heterocycles. The number of pyridine rings is 9. The van der Waals surface area contributed by atoms with Gasteiger partial charge in [0.15, 0.2) is 11.6 Å². The molecule has 528 valence electrons. The van der Waals surface area contributed by atoms with E-state index in [1.54, 1.807) is 74.4 Å². The van der Waals surface area contributed by atoms with E-state index < -0.39 is 0 Å². The summed E-state index contributed by atoms with van der Waals surface area (Å²) in [5.74, 6) is 5.44. The van der Waals surface area contributed by atoms with Gasteiger partial charge in [0, 0.05) is 195 Å². The third-order valence-corrected chi connectivity index (χ3v) is 18.8. The zero-order valence-corrected chi connectivity index (χ0v) is 58.4. The van der Waals surface area contributed by atoms with E-state index in [1.165, 1.54) is 11.1 Å². The highest BCUT2D eigenvalue weighted by molar-refractivity contribution is 5.99. The van der Waals surface area contributed by atoms with Gasteiger partial charge < -0.3 is 42.7 Å².